The summed E-state index contributed by atoms with van der Waals surface area (Å²) in [5.41, 5.74) is 0. The van der Waals surface area contributed by atoms with Crippen LogP contribution in [-0.4, -0.2) is 110 Å². The van der Waals surface area contributed by atoms with E-state index in [1.165, 1.54) is 44.9 Å². The van der Waals surface area contributed by atoms with Gasteiger partial charge in [0.25, 0.3) is 0 Å². The van der Waals surface area contributed by atoms with E-state index in [0.717, 1.165) is 44.9 Å². The van der Waals surface area contributed by atoms with E-state index in [4.69, 9.17) is 9.47 Å². The molecule has 11 heteroatoms. The van der Waals surface area contributed by atoms with E-state index >= 15 is 0 Å². The Morgan fingerprint density at radius 1 is 0.756 bits per heavy atom. The number of hydrogen-bond acceptors (Lipinski definition) is 10. The lowest BCUT2D eigenvalue weighted by Gasteiger charge is -2.40. The summed E-state index contributed by atoms with van der Waals surface area (Å²) in [7, 11) is 0. The van der Waals surface area contributed by atoms with Crippen LogP contribution in [0, 0.1) is 0 Å². The second-order valence-corrected chi connectivity index (χ2v) is 12.6. The van der Waals surface area contributed by atoms with Crippen molar-refractivity contribution < 1.29 is 50.0 Å². The molecule has 0 bridgehead atoms. The van der Waals surface area contributed by atoms with Crippen molar-refractivity contribution in [3.05, 3.63) is 12.2 Å². The van der Waals surface area contributed by atoms with Crippen LogP contribution in [0.15, 0.2) is 12.2 Å². The molecule has 0 aromatic carbocycles. The summed E-state index contributed by atoms with van der Waals surface area (Å²) in [5, 5.41) is 74.7. The Kier molecular flexibility index (Phi) is 24.1. The Bertz CT molecular complexity index is 754. The Hall–Kier alpha value is -1.15. The molecule has 45 heavy (non-hydrogen) atoms. The molecule has 1 amide bonds. The maximum absolute atomic E-state index is 12.9. The van der Waals surface area contributed by atoms with Crippen LogP contribution in [0.2, 0.25) is 0 Å². The fraction of sp³-hybridized carbons (Fsp3) is 0.912. The number of allylic oxidation sites excluding steroid dienone is 2. The van der Waals surface area contributed by atoms with Crippen molar-refractivity contribution in [3.8, 4) is 0 Å². The lowest BCUT2D eigenvalue weighted by molar-refractivity contribution is -0.303. The zero-order valence-electron chi connectivity index (χ0n) is 27.8. The van der Waals surface area contributed by atoms with E-state index in [9.17, 15) is 40.5 Å². The molecule has 9 unspecified atom stereocenters. The first kappa shape index (κ1) is 41.9. The molecule has 0 saturated carbocycles. The van der Waals surface area contributed by atoms with Crippen molar-refractivity contribution in [1.82, 2.24) is 5.32 Å². The number of carbonyl (C=O) groups is 1. The van der Waals surface area contributed by atoms with Crippen molar-refractivity contribution in [2.24, 2.45) is 0 Å². The number of nitrogens with one attached hydrogen (secondary N) is 1. The Labute approximate surface area is 271 Å². The van der Waals surface area contributed by atoms with E-state index < -0.39 is 74.2 Å². The van der Waals surface area contributed by atoms with Gasteiger partial charge >= 0.3 is 0 Å². The van der Waals surface area contributed by atoms with Crippen LogP contribution < -0.4 is 5.32 Å². The highest BCUT2D eigenvalue weighted by Gasteiger charge is 2.44. The van der Waals surface area contributed by atoms with E-state index in [2.05, 4.69) is 31.3 Å². The minimum atomic E-state index is -1.66. The molecule has 9 atom stereocenters. The molecule has 0 aromatic heterocycles. The Balaban J connectivity index is 2.65. The van der Waals surface area contributed by atoms with Gasteiger partial charge in [0, 0.05) is 0 Å². The summed E-state index contributed by atoms with van der Waals surface area (Å²) < 4.78 is 11.0. The lowest BCUT2D eigenvalue weighted by atomic mass is 9.98. The predicted octanol–water partition coefficient (Wildman–Crippen LogP) is 2.99. The zero-order chi connectivity index (χ0) is 33.5. The van der Waals surface area contributed by atoms with Crippen LogP contribution in [0.1, 0.15) is 129 Å². The van der Waals surface area contributed by atoms with Gasteiger partial charge in [-0.1, -0.05) is 103 Å². The Morgan fingerprint density at radius 2 is 1.31 bits per heavy atom. The smallest absolute Gasteiger partial charge is 0.249 e. The van der Waals surface area contributed by atoms with Crippen LogP contribution in [0.5, 0.6) is 0 Å². The molecule has 1 aliphatic rings. The molecule has 1 fully saturated rings. The molecule has 0 aromatic rings. The number of unbranched alkanes of at least 4 members (excludes halogenated alkanes) is 13. The Morgan fingerprint density at radius 3 is 1.91 bits per heavy atom. The van der Waals surface area contributed by atoms with Crippen molar-refractivity contribution in [2.45, 2.75) is 184 Å². The van der Waals surface area contributed by atoms with Gasteiger partial charge in [-0.2, -0.15) is 0 Å². The highest BCUT2D eigenvalue weighted by atomic mass is 16.7. The monoisotopic (exact) mass is 647 g/mol. The minimum Gasteiger partial charge on any atom is -0.394 e. The molecule has 266 valence electrons. The van der Waals surface area contributed by atoms with E-state index in [1.807, 2.05) is 0 Å². The molecule has 0 spiro atoms. The van der Waals surface area contributed by atoms with Crippen molar-refractivity contribution in [3.63, 3.8) is 0 Å². The van der Waals surface area contributed by atoms with Crippen LogP contribution in [-0.2, 0) is 14.3 Å². The number of ether oxygens (including phenoxy) is 2. The van der Waals surface area contributed by atoms with Gasteiger partial charge in [-0.3, -0.25) is 4.79 Å². The average Bonchev–Trinajstić information content (AvgIpc) is 3.04. The topological polar surface area (TPSA) is 189 Å². The zero-order valence-corrected chi connectivity index (χ0v) is 27.8. The number of amides is 1. The number of rotatable bonds is 27. The molecule has 0 radical (unpaired) electrons. The van der Waals surface area contributed by atoms with E-state index in [0.29, 0.717) is 12.8 Å². The molecule has 1 heterocycles. The number of aliphatic hydroxyl groups excluding tert-OH is 7. The molecule has 11 nitrogen and oxygen atoms in total. The van der Waals surface area contributed by atoms with Crippen molar-refractivity contribution in [1.29, 1.82) is 0 Å². The normalized spacial score (nSPS) is 24.9. The third-order valence-corrected chi connectivity index (χ3v) is 8.57. The fourth-order valence-corrected chi connectivity index (χ4v) is 5.50. The first-order valence-electron chi connectivity index (χ1n) is 17.6. The third kappa shape index (κ3) is 17.5. The fourth-order valence-electron chi connectivity index (χ4n) is 5.50. The highest BCUT2D eigenvalue weighted by molar-refractivity contribution is 5.80. The second kappa shape index (κ2) is 25.9. The maximum atomic E-state index is 12.9. The largest absolute Gasteiger partial charge is 0.394 e. The first-order valence-corrected chi connectivity index (χ1v) is 17.6. The summed E-state index contributed by atoms with van der Waals surface area (Å²) in [6.45, 7) is 3.29. The van der Waals surface area contributed by atoms with Crippen molar-refractivity contribution >= 4 is 5.91 Å². The van der Waals surface area contributed by atoms with Crippen LogP contribution >= 0.6 is 0 Å². The van der Waals surface area contributed by atoms with Crippen LogP contribution in [0.3, 0.4) is 0 Å². The molecule has 0 aliphatic carbocycles. The molecule has 1 saturated heterocycles. The maximum Gasteiger partial charge on any atom is 0.249 e. The van der Waals surface area contributed by atoms with E-state index in [1.54, 1.807) is 0 Å². The van der Waals surface area contributed by atoms with Crippen LogP contribution in [0.4, 0.5) is 0 Å². The summed E-state index contributed by atoms with van der Waals surface area (Å²) >= 11 is 0. The summed E-state index contributed by atoms with van der Waals surface area (Å²) in [5.74, 6) is -0.713. The molecule has 1 aliphatic heterocycles. The molecule has 8 N–H and O–H groups in total. The highest BCUT2D eigenvalue weighted by Crippen LogP contribution is 2.23. The molecular weight excluding hydrogens is 582 g/mol. The number of aliphatic hydroxyl groups is 7. The first-order chi connectivity index (χ1) is 21.7. The van der Waals surface area contributed by atoms with Gasteiger partial charge in [0.2, 0.25) is 5.91 Å². The average molecular weight is 648 g/mol. The molecular formula is C34H65NO10. The SMILES string of the molecule is CCCCC/C=C/CCCC(O)C(O)C(COC1OC(CO)C(O)C(O)C1O)NC(=O)C(O)CCCCCCCCCCCC. The van der Waals surface area contributed by atoms with Gasteiger partial charge in [-0.25, -0.2) is 0 Å². The summed E-state index contributed by atoms with van der Waals surface area (Å²) in [6.07, 6.45) is 10.2. The lowest BCUT2D eigenvalue weighted by Crippen LogP contribution is -2.60. The minimum absolute atomic E-state index is 0.256. The van der Waals surface area contributed by atoms with Gasteiger partial charge in [-0.05, 0) is 38.5 Å². The van der Waals surface area contributed by atoms with Gasteiger partial charge in [0.1, 0.15) is 36.6 Å². The third-order valence-electron chi connectivity index (χ3n) is 8.57. The number of carbonyl (C=O) groups excluding carboxylic acids is 1. The second-order valence-electron chi connectivity index (χ2n) is 12.6. The predicted molar refractivity (Wildman–Crippen MR) is 173 cm³/mol. The van der Waals surface area contributed by atoms with Gasteiger partial charge in [0.05, 0.1) is 25.4 Å². The number of hydrogen-bond donors (Lipinski definition) is 8. The summed E-state index contributed by atoms with van der Waals surface area (Å²) in [6, 6.07) is -1.17. The molecule has 1 rings (SSSR count). The quantitative estimate of drug-likeness (QED) is 0.0486. The van der Waals surface area contributed by atoms with Gasteiger partial charge in [0.15, 0.2) is 6.29 Å². The van der Waals surface area contributed by atoms with E-state index in [-0.39, 0.29) is 12.8 Å². The van der Waals surface area contributed by atoms with Crippen LogP contribution in [0.25, 0.3) is 0 Å². The van der Waals surface area contributed by atoms with Gasteiger partial charge in [-0.15, -0.1) is 0 Å². The standard InChI is InChI=1S/C34H65NO10/c1-3-5-7-9-11-13-14-16-18-20-22-27(38)33(43)35-25(24-44-34-32(42)31(41)30(40)28(23-36)45-34)29(39)26(37)21-19-17-15-12-10-8-6-4-2/h12,15,25-32,34,36-42H,3-11,13-14,16-24H2,1-2H3,(H,35,43)/b15-12+. The van der Waals surface area contributed by atoms with Gasteiger partial charge < -0.3 is 50.5 Å². The summed E-state index contributed by atoms with van der Waals surface area (Å²) in [4.78, 5) is 12.9. The van der Waals surface area contributed by atoms with Crippen molar-refractivity contribution in [2.75, 3.05) is 13.2 Å².